The zero-order valence-corrected chi connectivity index (χ0v) is 19.3. The van der Waals surface area contributed by atoms with Gasteiger partial charge in [-0.15, -0.1) is 0 Å². The van der Waals surface area contributed by atoms with E-state index in [1.165, 1.54) is 33.7 Å². The average molecular weight is 477 g/mol. The molecule has 4 rings (SSSR count). The minimum atomic E-state index is -0.621. The first-order chi connectivity index (χ1) is 16.3. The first-order valence-corrected chi connectivity index (χ1v) is 11.0. The van der Waals surface area contributed by atoms with Gasteiger partial charge in [-0.1, -0.05) is 29.8 Å². The van der Waals surface area contributed by atoms with Gasteiger partial charge >= 0.3 is 0 Å². The van der Waals surface area contributed by atoms with Gasteiger partial charge in [0.05, 0.1) is 27.6 Å². The molecule has 0 N–H and O–H groups in total. The van der Waals surface area contributed by atoms with Crippen molar-refractivity contribution in [3.63, 3.8) is 0 Å². The molecule has 8 nitrogen and oxygen atoms in total. The van der Waals surface area contributed by atoms with Crippen LogP contribution < -0.4 is 5.56 Å². The number of nitro benzene ring substituents is 1. The number of carbonyl (C=O) groups is 1. The fraction of sp³-hybridized carbons (Fsp3) is 0.160. The molecule has 0 saturated heterocycles. The molecule has 1 heterocycles. The highest BCUT2D eigenvalue weighted by Gasteiger charge is 2.27. The number of amides is 1. The lowest BCUT2D eigenvalue weighted by molar-refractivity contribution is -0.384. The molecule has 1 atom stereocenters. The van der Waals surface area contributed by atoms with Gasteiger partial charge in [-0.2, -0.15) is 0 Å². The van der Waals surface area contributed by atoms with Crippen molar-refractivity contribution in [3.05, 3.63) is 110 Å². The van der Waals surface area contributed by atoms with Gasteiger partial charge in [0.1, 0.15) is 5.82 Å². The first-order valence-electron chi connectivity index (χ1n) is 10.6. The van der Waals surface area contributed by atoms with E-state index in [9.17, 15) is 19.7 Å². The maximum atomic E-state index is 13.5. The number of nitrogens with zero attached hydrogens (tertiary/aromatic N) is 4. The van der Waals surface area contributed by atoms with Crippen molar-refractivity contribution in [2.24, 2.45) is 0 Å². The third-order valence-electron chi connectivity index (χ3n) is 5.63. The number of fused-ring (bicyclic) bond motifs is 1. The van der Waals surface area contributed by atoms with Crippen molar-refractivity contribution in [1.29, 1.82) is 0 Å². The molecule has 0 aliphatic heterocycles. The molecule has 0 fully saturated rings. The van der Waals surface area contributed by atoms with E-state index in [0.29, 0.717) is 34.0 Å². The molecule has 172 valence electrons. The highest BCUT2D eigenvalue weighted by molar-refractivity contribution is 6.30. The Balaban J connectivity index is 1.87. The normalized spacial score (nSPS) is 11.9. The molecular formula is C25H21ClN4O4. The molecule has 0 bridgehead atoms. The van der Waals surface area contributed by atoms with Crippen LogP contribution in [-0.4, -0.2) is 31.8 Å². The summed E-state index contributed by atoms with van der Waals surface area (Å²) in [4.78, 5) is 43.8. The highest BCUT2D eigenvalue weighted by atomic mass is 35.5. The molecule has 1 aromatic heterocycles. The Morgan fingerprint density at radius 1 is 1.12 bits per heavy atom. The van der Waals surface area contributed by atoms with E-state index in [1.54, 1.807) is 62.4 Å². The predicted molar refractivity (Wildman–Crippen MR) is 131 cm³/mol. The van der Waals surface area contributed by atoms with Crippen LogP contribution in [-0.2, 0) is 0 Å². The number of para-hydroxylation sites is 1. The van der Waals surface area contributed by atoms with Gasteiger partial charge in [-0.05, 0) is 56.3 Å². The van der Waals surface area contributed by atoms with Crippen molar-refractivity contribution in [2.45, 2.75) is 19.9 Å². The van der Waals surface area contributed by atoms with E-state index in [2.05, 4.69) is 0 Å². The summed E-state index contributed by atoms with van der Waals surface area (Å²) < 4.78 is 1.48. The van der Waals surface area contributed by atoms with Gasteiger partial charge in [-0.3, -0.25) is 24.3 Å². The Kier molecular flexibility index (Phi) is 6.43. The standard InChI is InChI=1S/C25H21ClN4O4/c1-3-28(24(31)17-7-6-8-20(15-17)30(33)34)16(2)23-27-22-10-5-4-9-21(22)25(32)29(23)19-13-11-18(26)12-14-19/h4-16H,3H2,1-2H3. The van der Waals surface area contributed by atoms with Gasteiger partial charge < -0.3 is 4.90 Å². The number of benzene rings is 3. The van der Waals surface area contributed by atoms with Crippen molar-refractivity contribution < 1.29 is 9.72 Å². The number of hydrogen-bond donors (Lipinski definition) is 0. The van der Waals surface area contributed by atoms with Crippen LogP contribution in [0.25, 0.3) is 16.6 Å². The van der Waals surface area contributed by atoms with Gasteiger partial charge in [0, 0.05) is 29.3 Å². The topological polar surface area (TPSA) is 98.3 Å². The molecule has 9 heteroatoms. The minimum Gasteiger partial charge on any atom is -0.329 e. The summed E-state index contributed by atoms with van der Waals surface area (Å²) in [6.45, 7) is 3.88. The molecule has 0 aliphatic rings. The van der Waals surface area contributed by atoms with Crippen LogP contribution in [0.2, 0.25) is 5.02 Å². The quantitative estimate of drug-likeness (QED) is 0.282. The van der Waals surface area contributed by atoms with Crippen molar-refractivity contribution in [3.8, 4) is 5.69 Å². The fourth-order valence-corrected chi connectivity index (χ4v) is 4.05. The zero-order valence-electron chi connectivity index (χ0n) is 18.5. The van der Waals surface area contributed by atoms with Crippen LogP contribution in [0.15, 0.2) is 77.6 Å². The summed E-state index contributed by atoms with van der Waals surface area (Å²) >= 11 is 6.05. The number of hydrogen-bond acceptors (Lipinski definition) is 5. The number of halogens is 1. The van der Waals surface area contributed by atoms with Crippen molar-refractivity contribution >= 4 is 34.1 Å². The lowest BCUT2D eigenvalue weighted by Gasteiger charge is -2.29. The number of carbonyl (C=O) groups excluding carboxylic acids is 1. The Hall–Kier alpha value is -4.04. The molecule has 1 amide bonds. The number of nitro groups is 1. The summed E-state index contributed by atoms with van der Waals surface area (Å²) in [5.41, 5.74) is 0.820. The van der Waals surface area contributed by atoms with E-state index in [1.807, 2.05) is 0 Å². The van der Waals surface area contributed by atoms with E-state index >= 15 is 0 Å². The third-order valence-corrected chi connectivity index (χ3v) is 5.89. The molecule has 1 unspecified atom stereocenters. The Morgan fingerprint density at radius 3 is 2.50 bits per heavy atom. The van der Waals surface area contributed by atoms with Crippen molar-refractivity contribution in [2.75, 3.05) is 6.54 Å². The molecule has 0 saturated carbocycles. The van der Waals surface area contributed by atoms with Crippen LogP contribution in [0.1, 0.15) is 36.1 Å². The maximum absolute atomic E-state index is 13.5. The summed E-state index contributed by atoms with van der Waals surface area (Å²) in [6.07, 6.45) is 0. The highest BCUT2D eigenvalue weighted by Crippen LogP contribution is 2.25. The molecule has 0 aliphatic carbocycles. The van der Waals surface area contributed by atoms with Gasteiger partial charge in [0.25, 0.3) is 17.2 Å². The summed E-state index contributed by atoms with van der Waals surface area (Å²) in [5.74, 6) is -0.0320. The lowest BCUT2D eigenvalue weighted by Crippen LogP contribution is -2.37. The zero-order chi connectivity index (χ0) is 24.4. The number of non-ortho nitro benzene ring substituents is 1. The van der Waals surface area contributed by atoms with E-state index in [4.69, 9.17) is 16.6 Å². The van der Waals surface area contributed by atoms with Crippen LogP contribution >= 0.6 is 11.6 Å². The lowest BCUT2D eigenvalue weighted by atomic mass is 10.1. The second kappa shape index (κ2) is 9.44. The van der Waals surface area contributed by atoms with Gasteiger partial charge in [0.15, 0.2) is 0 Å². The summed E-state index contributed by atoms with van der Waals surface area (Å²) in [6, 6.07) is 18.8. The summed E-state index contributed by atoms with van der Waals surface area (Å²) in [5, 5.41) is 12.2. The molecular weight excluding hydrogens is 456 g/mol. The van der Waals surface area contributed by atoms with Crippen LogP contribution in [0.4, 0.5) is 5.69 Å². The van der Waals surface area contributed by atoms with E-state index in [-0.39, 0.29) is 16.8 Å². The summed E-state index contributed by atoms with van der Waals surface area (Å²) in [7, 11) is 0. The Morgan fingerprint density at radius 2 is 1.82 bits per heavy atom. The van der Waals surface area contributed by atoms with E-state index in [0.717, 1.165) is 0 Å². The maximum Gasteiger partial charge on any atom is 0.270 e. The van der Waals surface area contributed by atoms with Gasteiger partial charge in [0.2, 0.25) is 0 Å². The molecule has 3 aromatic carbocycles. The number of aromatic nitrogens is 2. The third kappa shape index (κ3) is 4.27. The number of rotatable bonds is 6. The van der Waals surface area contributed by atoms with Crippen LogP contribution in [0.3, 0.4) is 0 Å². The second-order valence-corrected chi connectivity index (χ2v) is 8.12. The smallest absolute Gasteiger partial charge is 0.270 e. The predicted octanol–water partition coefficient (Wildman–Crippen LogP) is 5.17. The Bertz CT molecular complexity index is 1450. The molecule has 4 aromatic rings. The molecule has 0 spiro atoms. The first kappa shape index (κ1) is 23.1. The Labute approximate surface area is 200 Å². The minimum absolute atomic E-state index is 0.170. The largest absolute Gasteiger partial charge is 0.329 e. The monoisotopic (exact) mass is 476 g/mol. The molecule has 0 radical (unpaired) electrons. The van der Waals surface area contributed by atoms with Gasteiger partial charge in [-0.25, -0.2) is 4.98 Å². The van der Waals surface area contributed by atoms with Crippen molar-refractivity contribution in [1.82, 2.24) is 14.5 Å². The molecule has 34 heavy (non-hydrogen) atoms. The fourth-order valence-electron chi connectivity index (χ4n) is 3.92. The van der Waals surface area contributed by atoms with Crippen LogP contribution in [0.5, 0.6) is 0 Å². The SMILES string of the molecule is CCN(C(=O)c1cccc([N+](=O)[O-])c1)C(C)c1nc2ccccc2c(=O)n1-c1ccc(Cl)cc1. The average Bonchev–Trinajstić information content (AvgIpc) is 2.85. The second-order valence-electron chi connectivity index (χ2n) is 7.68. The van der Waals surface area contributed by atoms with E-state index < -0.39 is 16.9 Å². The van der Waals surface area contributed by atoms with Crippen LogP contribution in [0, 0.1) is 10.1 Å².